The van der Waals surface area contributed by atoms with E-state index in [1.54, 1.807) is 0 Å². The highest BCUT2D eigenvalue weighted by Crippen LogP contribution is 2.29. The monoisotopic (exact) mass is 375 g/mol. The average Bonchev–Trinajstić information content (AvgIpc) is 3.45. The Labute approximate surface area is 164 Å². The molecule has 1 aliphatic carbocycles. The largest absolute Gasteiger partial charge is 0.337 e. The molecular weight excluding hydrogens is 350 g/mol. The third-order valence-electron chi connectivity index (χ3n) is 6.03. The number of hydrogen-bond acceptors (Lipinski definition) is 3. The molecule has 5 rings (SSSR count). The summed E-state index contributed by atoms with van der Waals surface area (Å²) in [6.45, 7) is 2.33. The van der Waals surface area contributed by atoms with E-state index in [4.69, 9.17) is 0 Å². The van der Waals surface area contributed by atoms with Crippen LogP contribution in [0.25, 0.3) is 0 Å². The Kier molecular flexibility index (Phi) is 4.47. The zero-order chi connectivity index (χ0) is 18.9. The highest BCUT2D eigenvalue weighted by Gasteiger charge is 2.31. The van der Waals surface area contributed by atoms with Crippen molar-refractivity contribution < 1.29 is 4.79 Å². The Morgan fingerprint density at radius 3 is 2.96 bits per heavy atom. The molecule has 1 N–H and O–H groups in total. The first-order valence-electron chi connectivity index (χ1n) is 10.2. The number of amides is 1. The first-order chi connectivity index (χ1) is 13.8. The Hall–Kier alpha value is -2.89. The molecule has 1 saturated heterocycles. The minimum absolute atomic E-state index is 0.0743. The summed E-state index contributed by atoms with van der Waals surface area (Å²) in [5.41, 5.74) is 4.19. The molecule has 28 heavy (non-hydrogen) atoms. The lowest BCUT2D eigenvalue weighted by Gasteiger charge is -2.32. The molecule has 3 heterocycles. The minimum atomic E-state index is 0.0743. The van der Waals surface area contributed by atoms with Crippen LogP contribution >= 0.6 is 0 Å². The summed E-state index contributed by atoms with van der Waals surface area (Å²) in [5.74, 6) is 1.42. The molecule has 1 atom stereocenters. The van der Waals surface area contributed by atoms with Crippen molar-refractivity contribution in [2.75, 3.05) is 13.1 Å². The van der Waals surface area contributed by atoms with Crippen LogP contribution in [0.1, 0.15) is 58.3 Å². The molecule has 1 fully saturated rings. The van der Waals surface area contributed by atoms with Crippen LogP contribution in [0.15, 0.2) is 42.7 Å². The molecule has 1 aromatic carbocycles. The summed E-state index contributed by atoms with van der Waals surface area (Å²) in [7, 11) is 0. The van der Waals surface area contributed by atoms with E-state index in [-0.39, 0.29) is 11.8 Å². The van der Waals surface area contributed by atoms with Gasteiger partial charge < -0.3 is 9.47 Å². The normalized spacial score (nSPS) is 19.0. The van der Waals surface area contributed by atoms with Gasteiger partial charge in [-0.15, -0.1) is 0 Å². The maximum absolute atomic E-state index is 13.1. The van der Waals surface area contributed by atoms with Crippen molar-refractivity contribution in [1.29, 1.82) is 0 Å². The first kappa shape index (κ1) is 17.2. The molecule has 1 amide bonds. The second-order valence-corrected chi connectivity index (χ2v) is 7.87. The fourth-order valence-corrected chi connectivity index (χ4v) is 4.61. The number of carbonyl (C=O) groups is 1. The van der Waals surface area contributed by atoms with E-state index in [2.05, 4.69) is 44.0 Å². The zero-order valence-corrected chi connectivity index (χ0v) is 16.0. The lowest BCUT2D eigenvalue weighted by Crippen LogP contribution is -2.40. The molecule has 1 unspecified atom stereocenters. The van der Waals surface area contributed by atoms with Gasteiger partial charge in [-0.2, -0.15) is 5.10 Å². The molecular formula is C22H25N5O. The van der Waals surface area contributed by atoms with Crippen molar-refractivity contribution in [1.82, 2.24) is 24.6 Å². The van der Waals surface area contributed by atoms with Crippen LogP contribution in [0, 0.1) is 0 Å². The van der Waals surface area contributed by atoms with Gasteiger partial charge in [0.05, 0.1) is 0 Å². The van der Waals surface area contributed by atoms with Gasteiger partial charge in [-0.25, -0.2) is 4.98 Å². The van der Waals surface area contributed by atoms with E-state index in [9.17, 15) is 4.79 Å². The third-order valence-corrected chi connectivity index (χ3v) is 6.03. The predicted octanol–water partition coefficient (Wildman–Crippen LogP) is 3.16. The zero-order valence-electron chi connectivity index (χ0n) is 16.0. The number of aryl methyl sites for hydroxylation is 1. The summed E-state index contributed by atoms with van der Waals surface area (Å²) in [6, 6.07) is 10.4. The summed E-state index contributed by atoms with van der Waals surface area (Å²) in [5, 5.41) is 7.40. The lowest BCUT2D eigenvalue weighted by atomic mass is 9.96. The molecule has 0 saturated carbocycles. The second kappa shape index (κ2) is 7.26. The Bertz CT molecular complexity index is 974. The highest BCUT2D eigenvalue weighted by atomic mass is 16.2. The van der Waals surface area contributed by atoms with E-state index in [0.717, 1.165) is 62.3 Å². The second-order valence-electron chi connectivity index (χ2n) is 7.87. The van der Waals surface area contributed by atoms with Crippen LogP contribution in [0.5, 0.6) is 0 Å². The highest BCUT2D eigenvalue weighted by molar-refractivity contribution is 5.94. The molecule has 144 valence electrons. The van der Waals surface area contributed by atoms with Gasteiger partial charge in [-0.05, 0) is 37.7 Å². The van der Waals surface area contributed by atoms with Crippen molar-refractivity contribution in [3.05, 3.63) is 71.1 Å². The van der Waals surface area contributed by atoms with Gasteiger partial charge in [0.25, 0.3) is 5.91 Å². The SMILES string of the molecule is O=C(c1n[nH]c2c1CCC2)N1CCCC(c2nccn2Cc2ccccc2)C1. The Morgan fingerprint density at radius 2 is 2.07 bits per heavy atom. The summed E-state index contributed by atoms with van der Waals surface area (Å²) in [6.07, 6.45) is 9.07. The van der Waals surface area contributed by atoms with E-state index in [1.807, 2.05) is 23.4 Å². The van der Waals surface area contributed by atoms with Gasteiger partial charge in [-0.3, -0.25) is 9.89 Å². The van der Waals surface area contributed by atoms with Crippen LogP contribution in [0.3, 0.4) is 0 Å². The smallest absolute Gasteiger partial charge is 0.274 e. The average molecular weight is 375 g/mol. The number of fused-ring (bicyclic) bond motifs is 1. The Morgan fingerprint density at radius 1 is 1.18 bits per heavy atom. The number of benzene rings is 1. The van der Waals surface area contributed by atoms with E-state index >= 15 is 0 Å². The van der Waals surface area contributed by atoms with Crippen molar-refractivity contribution in [3.8, 4) is 0 Å². The number of nitrogens with zero attached hydrogens (tertiary/aromatic N) is 4. The van der Waals surface area contributed by atoms with Gasteiger partial charge in [0.1, 0.15) is 5.82 Å². The minimum Gasteiger partial charge on any atom is -0.337 e. The molecule has 6 heteroatoms. The van der Waals surface area contributed by atoms with Gasteiger partial charge >= 0.3 is 0 Å². The van der Waals surface area contributed by atoms with Crippen molar-refractivity contribution in [2.45, 2.75) is 44.6 Å². The van der Waals surface area contributed by atoms with E-state index in [0.29, 0.717) is 12.2 Å². The molecule has 1 aliphatic heterocycles. The van der Waals surface area contributed by atoms with Crippen LogP contribution in [-0.2, 0) is 19.4 Å². The van der Waals surface area contributed by atoms with Crippen molar-refractivity contribution in [3.63, 3.8) is 0 Å². The molecule has 6 nitrogen and oxygen atoms in total. The molecule has 3 aromatic rings. The number of aromatic amines is 1. The molecule has 0 radical (unpaired) electrons. The fraction of sp³-hybridized carbons (Fsp3) is 0.409. The van der Waals surface area contributed by atoms with Gasteiger partial charge in [-0.1, -0.05) is 30.3 Å². The fourth-order valence-electron chi connectivity index (χ4n) is 4.61. The lowest BCUT2D eigenvalue weighted by molar-refractivity contribution is 0.0696. The number of rotatable bonds is 4. The maximum atomic E-state index is 13.1. The number of piperidine rings is 1. The third kappa shape index (κ3) is 3.13. The van der Waals surface area contributed by atoms with Crippen molar-refractivity contribution >= 4 is 5.91 Å². The van der Waals surface area contributed by atoms with Gasteiger partial charge in [0.2, 0.25) is 0 Å². The number of likely N-dealkylation sites (tertiary alicyclic amines) is 1. The van der Waals surface area contributed by atoms with Crippen LogP contribution in [0.2, 0.25) is 0 Å². The van der Waals surface area contributed by atoms with Gasteiger partial charge in [0.15, 0.2) is 5.69 Å². The van der Waals surface area contributed by atoms with Gasteiger partial charge in [0, 0.05) is 49.2 Å². The maximum Gasteiger partial charge on any atom is 0.274 e. The summed E-state index contributed by atoms with van der Waals surface area (Å²) < 4.78 is 2.22. The number of aromatic nitrogens is 4. The quantitative estimate of drug-likeness (QED) is 0.762. The number of imidazole rings is 1. The van der Waals surface area contributed by atoms with Crippen LogP contribution < -0.4 is 0 Å². The Balaban J connectivity index is 1.34. The first-order valence-corrected chi connectivity index (χ1v) is 10.2. The summed E-state index contributed by atoms with van der Waals surface area (Å²) in [4.78, 5) is 19.8. The van der Waals surface area contributed by atoms with Crippen LogP contribution in [-0.4, -0.2) is 43.6 Å². The molecule has 0 bridgehead atoms. The topological polar surface area (TPSA) is 66.8 Å². The van der Waals surface area contributed by atoms with Crippen molar-refractivity contribution in [2.24, 2.45) is 0 Å². The molecule has 2 aromatic heterocycles. The predicted molar refractivity (Wildman–Crippen MR) is 106 cm³/mol. The number of hydrogen-bond donors (Lipinski definition) is 1. The molecule has 2 aliphatic rings. The van der Waals surface area contributed by atoms with E-state index in [1.165, 1.54) is 5.56 Å². The standard InChI is InChI=1S/C22H25N5O/c28-22(20-18-9-4-10-19(18)24-25-20)27-12-5-8-17(15-27)21-23-11-13-26(21)14-16-6-2-1-3-7-16/h1-3,6-7,11,13,17H,4-5,8-10,12,14-15H2,(H,24,25). The number of H-pyrrole nitrogens is 1. The number of nitrogens with one attached hydrogen (secondary N) is 1. The van der Waals surface area contributed by atoms with Crippen LogP contribution in [0.4, 0.5) is 0 Å². The number of carbonyl (C=O) groups excluding carboxylic acids is 1. The molecule has 0 spiro atoms. The summed E-state index contributed by atoms with van der Waals surface area (Å²) >= 11 is 0. The van der Waals surface area contributed by atoms with E-state index < -0.39 is 0 Å².